The number of hydrogen-bond donors (Lipinski definition) is 2. The van der Waals surface area contributed by atoms with Crippen LogP contribution in [-0.4, -0.2) is 35.2 Å². The maximum Gasteiger partial charge on any atom is 0.226 e. The molecule has 1 aromatic carbocycles. The monoisotopic (exact) mass is 499 g/mol. The zero-order valence-corrected chi connectivity index (χ0v) is 19.8. The van der Waals surface area contributed by atoms with E-state index in [1.54, 1.807) is 0 Å². The van der Waals surface area contributed by atoms with E-state index in [1.165, 1.54) is 5.56 Å². The zero-order chi connectivity index (χ0) is 19.5. The van der Waals surface area contributed by atoms with Crippen LogP contribution in [0.2, 0.25) is 0 Å². The smallest absolute Gasteiger partial charge is 0.226 e. The van der Waals surface area contributed by atoms with Gasteiger partial charge >= 0.3 is 0 Å². The van der Waals surface area contributed by atoms with Crippen LogP contribution in [0.15, 0.2) is 39.8 Å². The van der Waals surface area contributed by atoms with Crippen LogP contribution in [0.5, 0.6) is 0 Å². The lowest BCUT2D eigenvalue weighted by molar-refractivity contribution is 0.369. The molecule has 0 aliphatic heterocycles. The summed E-state index contributed by atoms with van der Waals surface area (Å²) in [5.41, 5.74) is 1.37. The van der Waals surface area contributed by atoms with Gasteiger partial charge in [-0.1, -0.05) is 49.3 Å². The van der Waals surface area contributed by atoms with Crippen molar-refractivity contribution < 1.29 is 4.52 Å². The molecule has 0 fully saturated rings. The van der Waals surface area contributed by atoms with E-state index in [-0.39, 0.29) is 24.0 Å². The summed E-state index contributed by atoms with van der Waals surface area (Å²) >= 11 is 0. The zero-order valence-electron chi connectivity index (χ0n) is 17.4. The van der Waals surface area contributed by atoms with Crippen molar-refractivity contribution in [1.29, 1.82) is 0 Å². The van der Waals surface area contributed by atoms with Gasteiger partial charge in [0, 0.05) is 31.5 Å². The number of aliphatic imine (C=N–C) groups is 1. The molecule has 7 heteroatoms. The maximum absolute atomic E-state index is 5.28. The molecule has 1 atom stereocenters. The average Bonchev–Trinajstić information content (AvgIpc) is 3.14. The van der Waals surface area contributed by atoms with Crippen molar-refractivity contribution in [3.05, 3.63) is 47.6 Å². The van der Waals surface area contributed by atoms with E-state index < -0.39 is 0 Å². The van der Waals surface area contributed by atoms with Gasteiger partial charge in [-0.15, -0.1) is 24.0 Å². The van der Waals surface area contributed by atoms with E-state index in [0.717, 1.165) is 50.6 Å². The van der Waals surface area contributed by atoms with Crippen molar-refractivity contribution in [2.24, 2.45) is 4.99 Å². The van der Waals surface area contributed by atoms with E-state index in [9.17, 15) is 0 Å². The minimum atomic E-state index is 0. The number of aromatic nitrogens is 2. The molecule has 2 N–H and O–H groups in total. The van der Waals surface area contributed by atoms with Crippen molar-refractivity contribution in [3.63, 3.8) is 0 Å². The SMILES string of the molecule is CCNC(=NCCCc1nc(C(C)C)no1)NC(C)CCc1ccccc1.I. The molecule has 0 spiro atoms. The summed E-state index contributed by atoms with van der Waals surface area (Å²) in [4.78, 5) is 9.08. The third-order valence-corrected chi connectivity index (χ3v) is 4.26. The minimum absolute atomic E-state index is 0. The normalized spacial score (nSPS) is 12.5. The second-order valence-corrected chi connectivity index (χ2v) is 7.13. The highest BCUT2D eigenvalue weighted by atomic mass is 127. The van der Waals surface area contributed by atoms with Crippen molar-refractivity contribution in [2.45, 2.75) is 65.3 Å². The molecule has 0 saturated carbocycles. The lowest BCUT2D eigenvalue weighted by Crippen LogP contribution is -2.42. The number of hydrogen-bond acceptors (Lipinski definition) is 4. The summed E-state index contributed by atoms with van der Waals surface area (Å²) in [5.74, 6) is 2.63. The lowest BCUT2D eigenvalue weighted by atomic mass is 10.1. The fourth-order valence-corrected chi connectivity index (χ4v) is 2.68. The molecule has 28 heavy (non-hydrogen) atoms. The molecule has 0 radical (unpaired) electrons. The van der Waals surface area contributed by atoms with Gasteiger partial charge in [0.05, 0.1) is 0 Å². The van der Waals surface area contributed by atoms with Gasteiger partial charge in [-0.05, 0) is 38.7 Å². The van der Waals surface area contributed by atoms with Crippen molar-refractivity contribution in [2.75, 3.05) is 13.1 Å². The van der Waals surface area contributed by atoms with Gasteiger partial charge in [0.2, 0.25) is 5.89 Å². The summed E-state index contributed by atoms with van der Waals surface area (Å²) in [6.07, 6.45) is 3.76. The van der Waals surface area contributed by atoms with Gasteiger partial charge in [0.1, 0.15) is 0 Å². The van der Waals surface area contributed by atoms with Gasteiger partial charge in [-0.3, -0.25) is 4.99 Å². The van der Waals surface area contributed by atoms with E-state index in [1.807, 2.05) is 0 Å². The summed E-state index contributed by atoms with van der Waals surface area (Å²) in [6.45, 7) is 9.97. The number of nitrogens with zero attached hydrogens (tertiary/aromatic N) is 3. The largest absolute Gasteiger partial charge is 0.357 e. The molecule has 1 heterocycles. The van der Waals surface area contributed by atoms with Gasteiger partial charge < -0.3 is 15.2 Å². The Morgan fingerprint density at radius 2 is 1.89 bits per heavy atom. The van der Waals surface area contributed by atoms with Crippen molar-refractivity contribution in [3.8, 4) is 0 Å². The number of nitrogens with one attached hydrogen (secondary N) is 2. The molecule has 6 nitrogen and oxygen atoms in total. The number of benzene rings is 1. The molecule has 0 saturated heterocycles. The first-order valence-electron chi connectivity index (χ1n) is 9.99. The standard InChI is InChI=1S/C21H33N5O.HI/c1-5-22-21(24-17(4)13-14-18-10-7-6-8-11-18)23-15-9-12-19-25-20(16(2)3)26-27-19;/h6-8,10-11,16-17H,5,9,12-15H2,1-4H3,(H2,22,23,24);1H. The van der Waals surface area contributed by atoms with E-state index in [0.29, 0.717) is 17.9 Å². The predicted molar refractivity (Wildman–Crippen MR) is 125 cm³/mol. The number of rotatable bonds is 10. The van der Waals surface area contributed by atoms with Crippen LogP contribution in [0.4, 0.5) is 0 Å². The Labute approximate surface area is 186 Å². The Hall–Kier alpha value is -1.64. The number of guanidine groups is 1. The third-order valence-electron chi connectivity index (χ3n) is 4.26. The molecule has 156 valence electrons. The van der Waals surface area contributed by atoms with E-state index in [2.05, 4.69) is 83.8 Å². The quantitative estimate of drug-likeness (QED) is 0.221. The van der Waals surface area contributed by atoms with Crippen molar-refractivity contribution >= 4 is 29.9 Å². The maximum atomic E-state index is 5.28. The predicted octanol–water partition coefficient (Wildman–Crippen LogP) is 4.32. The second-order valence-electron chi connectivity index (χ2n) is 7.13. The lowest BCUT2D eigenvalue weighted by Gasteiger charge is -2.17. The summed E-state index contributed by atoms with van der Waals surface area (Å²) in [5, 5.41) is 10.8. The Morgan fingerprint density at radius 3 is 2.54 bits per heavy atom. The summed E-state index contributed by atoms with van der Waals surface area (Å²) < 4.78 is 5.28. The van der Waals surface area contributed by atoms with Crippen LogP contribution < -0.4 is 10.6 Å². The van der Waals surface area contributed by atoms with Crippen LogP contribution in [0.1, 0.15) is 63.7 Å². The molecule has 0 amide bonds. The molecule has 0 bridgehead atoms. The van der Waals surface area contributed by atoms with Crippen molar-refractivity contribution in [1.82, 2.24) is 20.8 Å². The van der Waals surface area contributed by atoms with Crippen LogP contribution in [-0.2, 0) is 12.8 Å². The molecule has 0 aliphatic carbocycles. The molecule has 2 rings (SSSR count). The highest BCUT2D eigenvalue weighted by Crippen LogP contribution is 2.10. The average molecular weight is 499 g/mol. The number of halogens is 1. The van der Waals surface area contributed by atoms with Crippen LogP contribution in [0.3, 0.4) is 0 Å². The first-order valence-corrected chi connectivity index (χ1v) is 9.99. The fourth-order valence-electron chi connectivity index (χ4n) is 2.68. The second kappa shape index (κ2) is 13.5. The van der Waals surface area contributed by atoms with Crippen LogP contribution in [0.25, 0.3) is 0 Å². The van der Waals surface area contributed by atoms with E-state index in [4.69, 9.17) is 4.52 Å². The summed E-state index contributed by atoms with van der Waals surface area (Å²) in [7, 11) is 0. The van der Waals surface area contributed by atoms with Gasteiger partial charge in [-0.25, -0.2) is 0 Å². The Morgan fingerprint density at radius 1 is 1.14 bits per heavy atom. The highest BCUT2D eigenvalue weighted by Gasteiger charge is 2.09. The number of aryl methyl sites for hydroxylation is 2. The topological polar surface area (TPSA) is 75.3 Å². The molecular weight excluding hydrogens is 465 g/mol. The molecule has 1 unspecified atom stereocenters. The molecule has 1 aromatic heterocycles. The first-order chi connectivity index (χ1) is 13.1. The fraction of sp³-hybridized carbons (Fsp3) is 0.571. The minimum Gasteiger partial charge on any atom is -0.357 e. The van der Waals surface area contributed by atoms with E-state index >= 15 is 0 Å². The molecular formula is C21H34IN5O. The Balaban J connectivity index is 0.00000392. The van der Waals surface area contributed by atoms with Crippen LogP contribution in [0, 0.1) is 0 Å². The highest BCUT2D eigenvalue weighted by molar-refractivity contribution is 14.0. The molecule has 2 aromatic rings. The Kier molecular flexibility index (Phi) is 11.8. The molecule has 0 aliphatic rings. The third kappa shape index (κ3) is 9.03. The Bertz CT molecular complexity index is 687. The van der Waals surface area contributed by atoms with Gasteiger partial charge in [0.25, 0.3) is 0 Å². The summed E-state index contributed by atoms with van der Waals surface area (Å²) in [6, 6.07) is 10.9. The van der Waals surface area contributed by atoms with Gasteiger partial charge in [-0.2, -0.15) is 4.98 Å². The van der Waals surface area contributed by atoms with Crippen LogP contribution >= 0.6 is 24.0 Å². The van der Waals surface area contributed by atoms with Gasteiger partial charge in [0.15, 0.2) is 11.8 Å². The first kappa shape index (κ1) is 24.4.